The average molecular weight is 590 g/mol. The van der Waals surface area contributed by atoms with Crippen molar-refractivity contribution >= 4 is 38.3 Å². The maximum absolute atomic E-state index is 12.7. The normalized spacial score (nSPS) is 15.2. The molecule has 3 aromatic rings. The van der Waals surface area contributed by atoms with Gasteiger partial charge in [0.05, 0.1) is 47.4 Å². The molecular formula is C24H26F3N3O5S3. The van der Waals surface area contributed by atoms with E-state index in [9.17, 15) is 31.5 Å². The van der Waals surface area contributed by atoms with E-state index in [0.717, 1.165) is 68.4 Å². The second-order valence-electron chi connectivity index (χ2n) is 8.71. The number of benzene rings is 1. The van der Waals surface area contributed by atoms with Gasteiger partial charge >= 0.3 is 5.51 Å². The number of hydrogen-bond acceptors (Lipinski definition) is 10. The van der Waals surface area contributed by atoms with E-state index in [1.807, 2.05) is 5.38 Å². The van der Waals surface area contributed by atoms with Gasteiger partial charge in [-0.3, -0.25) is 9.69 Å². The Kier molecular flexibility index (Phi) is 9.31. The summed E-state index contributed by atoms with van der Waals surface area (Å²) in [4.78, 5) is 24.1. The van der Waals surface area contributed by atoms with E-state index in [1.54, 1.807) is 0 Å². The first-order valence-corrected chi connectivity index (χ1v) is 15.0. The number of hydrogen-bond donors (Lipinski definition) is 1. The third kappa shape index (κ3) is 7.04. The first-order chi connectivity index (χ1) is 18.1. The number of aryl methyl sites for hydroxylation is 1. The minimum absolute atomic E-state index is 0.0330. The molecule has 206 valence electrons. The molecule has 0 bridgehead atoms. The molecule has 0 aliphatic carbocycles. The highest BCUT2D eigenvalue weighted by Gasteiger charge is 2.46. The minimum atomic E-state index is -5.43. The number of ether oxygens (including phenoxy) is 1. The predicted molar refractivity (Wildman–Crippen MR) is 137 cm³/mol. The van der Waals surface area contributed by atoms with Crippen LogP contribution in [-0.2, 0) is 45.2 Å². The van der Waals surface area contributed by atoms with Crippen molar-refractivity contribution in [2.24, 2.45) is 0 Å². The van der Waals surface area contributed by atoms with Crippen molar-refractivity contribution in [3.8, 4) is 10.6 Å². The fourth-order valence-corrected chi connectivity index (χ4v) is 6.59. The van der Waals surface area contributed by atoms with Gasteiger partial charge in [0, 0.05) is 24.9 Å². The lowest BCUT2D eigenvalue weighted by atomic mass is 10.1. The highest BCUT2D eigenvalue weighted by Crippen LogP contribution is 2.33. The summed E-state index contributed by atoms with van der Waals surface area (Å²) in [6.45, 7) is 4.05. The largest absolute Gasteiger partial charge is 0.501 e. The molecule has 0 amide bonds. The molecule has 0 atom stereocenters. The number of thiazole rings is 2. The second kappa shape index (κ2) is 12.3. The summed E-state index contributed by atoms with van der Waals surface area (Å²) in [5.74, 6) is -0.205. The Labute approximate surface area is 226 Å². The number of halogens is 3. The molecule has 4 rings (SSSR count). The van der Waals surface area contributed by atoms with Gasteiger partial charge in [-0.25, -0.2) is 18.4 Å². The van der Waals surface area contributed by atoms with Crippen LogP contribution < -0.4 is 0 Å². The monoisotopic (exact) mass is 589 g/mol. The van der Waals surface area contributed by atoms with Crippen LogP contribution in [0.5, 0.6) is 0 Å². The van der Waals surface area contributed by atoms with Crippen LogP contribution in [0.2, 0.25) is 0 Å². The Morgan fingerprint density at radius 1 is 1.08 bits per heavy atom. The summed E-state index contributed by atoms with van der Waals surface area (Å²) in [5.41, 5.74) is -3.42. The van der Waals surface area contributed by atoms with E-state index < -0.39 is 20.2 Å². The van der Waals surface area contributed by atoms with Crippen molar-refractivity contribution in [3.05, 3.63) is 50.9 Å². The van der Waals surface area contributed by atoms with E-state index in [1.165, 1.54) is 34.8 Å². The molecule has 3 heterocycles. The van der Waals surface area contributed by atoms with E-state index in [-0.39, 0.29) is 25.2 Å². The Bertz CT molecular complexity index is 1350. The van der Waals surface area contributed by atoms with E-state index in [2.05, 4.69) is 14.9 Å². The van der Waals surface area contributed by atoms with Gasteiger partial charge < -0.3 is 9.84 Å². The van der Waals surface area contributed by atoms with Crippen molar-refractivity contribution < 1.29 is 36.2 Å². The van der Waals surface area contributed by atoms with Crippen LogP contribution in [0.1, 0.15) is 27.7 Å². The van der Waals surface area contributed by atoms with Gasteiger partial charge in [0.15, 0.2) is 0 Å². The van der Waals surface area contributed by atoms with Crippen LogP contribution in [0.15, 0.2) is 34.5 Å². The van der Waals surface area contributed by atoms with E-state index in [4.69, 9.17) is 4.74 Å². The van der Waals surface area contributed by atoms with Gasteiger partial charge in [0.2, 0.25) is 0 Å². The zero-order chi connectivity index (χ0) is 27.3. The Hall–Kier alpha value is -2.23. The van der Waals surface area contributed by atoms with Crippen LogP contribution in [0.3, 0.4) is 0 Å². The molecule has 0 spiro atoms. The van der Waals surface area contributed by atoms with Crippen molar-refractivity contribution in [1.29, 1.82) is 0 Å². The molecule has 14 heteroatoms. The number of Topliss-reactive ketones (excluding diaryl/α,β-unsaturated/α-hetero) is 1. The summed E-state index contributed by atoms with van der Waals surface area (Å²) in [5, 5.41) is 12.6. The molecule has 1 saturated heterocycles. The number of carbonyl (C=O) groups excluding carboxylic acids is 1. The number of sulfone groups is 1. The van der Waals surface area contributed by atoms with Crippen LogP contribution in [-0.4, -0.2) is 72.5 Å². The highest BCUT2D eigenvalue weighted by atomic mass is 32.2. The van der Waals surface area contributed by atoms with Gasteiger partial charge in [0.25, 0.3) is 9.84 Å². The lowest BCUT2D eigenvalue weighted by Gasteiger charge is -2.26. The molecule has 38 heavy (non-hydrogen) atoms. The molecule has 8 nitrogen and oxygen atoms in total. The third-order valence-corrected chi connectivity index (χ3v) is 9.40. The third-order valence-electron chi connectivity index (χ3n) is 5.94. The van der Waals surface area contributed by atoms with Gasteiger partial charge in [0.1, 0.15) is 15.8 Å². The lowest BCUT2D eigenvalue weighted by Crippen LogP contribution is -2.36. The molecule has 1 aromatic carbocycles. The van der Waals surface area contributed by atoms with E-state index >= 15 is 0 Å². The number of aliphatic hydroxyl groups excluding tert-OH is 1. The fraction of sp³-hybridized carbons (Fsp3) is 0.458. The smallest absolute Gasteiger partial charge is 0.389 e. The maximum Gasteiger partial charge on any atom is 0.501 e. The maximum atomic E-state index is 12.7. The average Bonchev–Trinajstić information content (AvgIpc) is 3.51. The number of ketones is 1. The Balaban J connectivity index is 1.37. The van der Waals surface area contributed by atoms with Crippen molar-refractivity contribution in [2.75, 3.05) is 32.8 Å². The van der Waals surface area contributed by atoms with Gasteiger partial charge in [-0.2, -0.15) is 13.2 Å². The highest BCUT2D eigenvalue weighted by molar-refractivity contribution is 7.92. The number of aromatic nitrogens is 2. The summed E-state index contributed by atoms with van der Waals surface area (Å²) < 4.78 is 66.5. The quantitative estimate of drug-likeness (QED) is 0.361. The van der Waals surface area contributed by atoms with Crippen LogP contribution in [0.25, 0.3) is 10.6 Å². The van der Waals surface area contributed by atoms with Crippen molar-refractivity contribution in [3.63, 3.8) is 0 Å². The summed E-state index contributed by atoms with van der Waals surface area (Å²) in [6.07, 6.45) is 1.60. The topological polar surface area (TPSA) is 110 Å². The van der Waals surface area contributed by atoms with Gasteiger partial charge in [-0.15, -0.1) is 22.7 Å². The summed E-state index contributed by atoms with van der Waals surface area (Å²) in [7, 11) is -5.43. The Morgan fingerprint density at radius 3 is 2.45 bits per heavy atom. The van der Waals surface area contributed by atoms with Crippen molar-refractivity contribution in [2.45, 2.75) is 42.7 Å². The molecule has 2 aromatic heterocycles. The van der Waals surface area contributed by atoms with Crippen LogP contribution in [0, 0.1) is 0 Å². The van der Waals surface area contributed by atoms with Gasteiger partial charge in [-0.1, -0.05) is 12.1 Å². The molecule has 1 N–H and O–H groups in total. The standard InChI is InChI=1S/C24H26F3N3O5S3/c25-24(26,27)38(33,34)18-5-3-16(4-6-18)12-17(32)13-21-29-20(15-36-21)23-19(28-22(14-31)37-23)2-1-7-30-8-10-35-11-9-30/h3-6,15,31H,1-2,7-14H2. The van der Waals surface area contributed by atoms with Crippen molar-refractivity contribution in [1.82, 2.24) is 14.9 Å². The molecular weight excluding hydrogens is 563 g/mol. The number of nitrogens with zero attached hydrogens (tertiary/aromatic N) is 3. The zero-order valence-corrected chi connectivity index (χ0v) is 22.7. The first-order valence-electron chi connectivity index (χ1n) is 11.8. The van der Waals surface area contributed by atoms with E-state index in [0.29, 0.717) is 21.3 Å². The number of carbonyl (C=O) groups is 1. The number of alkyl halides is 3. The number of rotatable bonds is 11. The first kappa shape index (κ1) is 28.8. The van der Waals surface area contributed by atoms with Crippen LogP contribution >= 0.6 is 22.7 Å². The Morgan fingerprint density at radius 2 is 1.79 bits per heavy atom. The summed E-state index contributed by atoms with van der Waals surface area (Å²) >= 11 is 2.70. The summed E-state index contributed by atoms with van der Waals surface area (Å²) in [6, 6.07) is 4.13. The predicted octanol–water partition coefficient (Wildman–Crippen LogP) is 3.67. The SMILES string of the molecule is O=C(Cc1ccc(S(=O)(=O)C(F)(F)F)cc1)Cc1nc(-c2sc(CO)nc2CCCN2CCOCC2)cs1. The van der Waals surface area contributed by atoms with Gasteiger partial charge in [-0.05, 0) is 37.1 Å². The molecule has 0 unspecified atom stereocenters. The molecule has 0 saturated carbocycles. The lowest BCUT2D eigenvalue weighted by molar-refractivity contribution is -0.117. The number of aliphatic hydroxyl groups is 1. The minimum Gasteiger partial charge on any atom is -0.389 e. The zero-order valence-electron chi connectivity index (χ0n) is 20.2. The fourth-order valence-electron chi connectivity index (χ4n) is 4.01. The molecule has 1 aliphatic heterocycles. The molecule has 0 radical (unpaired) electrons. The second-order valence-corrected chi connectivity index (χ2v) is 12.7. The molecule has 1 aliphatic rings. The number of morpholine rings is 1. The molecule has 1 fully saturated rings. The van der Waals surface area contributed by atoms with Crippen LogP contribution in [0.4, 0.5) is 13.2 Å².